The smallest absolute Gasteiger partial charge is 0.343 e. The molecule has 38 heavy (non-hydrogen) atoms. The molecule has 2 aromatic carbocycles. The largest absolute Gasteiger partial charge is 0.497 e. The SMILES string of the molecule is CCCCCCCCCCCCCC(=O)N/N=C/c1ccc(OC(=O)c2ccc(OC)cc2)c(OCC)c1. The summed E-state index contributed by atoms with van der Waals surface area (Å²) in [5.41, 5.74) is 3.71. The van der Waals surface area contributed by atoms with Gasteiger partial charge in [-0.3, -0.25) is 4.79 Å². The molecule has 0 unspecified atom stereocenters. The molecule has 0 aliphatic rings. The van der Waals surface area contributed by atoms with Crippen LogP contribution in [0.25, 0.3) is 0 Å². The number of amides is 1. The summed E-state index contributed by atoms with van der Waals surface area (Å²) >= 11 is 0. The Labute approximate surface area is 228 Å². The van der Waals surface area contributed by atoms with Crippen LogP contribution in [0, 0.1) is 0 Å². The standard InChI is InChI=1S/C31H44N2O5/c1-4-6-7-8-9-10-11-12-13-14-15-16-30(34)33-32-24-25-17-22-28(29(23-25)37-5-2)38-31(35)26-18-20-27(36-3)21-19-26/h17-24H,4-16H2,1-3H3,(H,33,34)/b32-24+. The summed E-state index contributed by atoms with van der Waals surface area (Å²) in [5.74, 6) is 0.805. The number of ether oxygens (including phenoxy) is 3. The number of methoxy groups -OCH3 is 1. The molecule has 1 N–H and O–H groups in total. The van der Waals surface area contributed by atoms with E-state index in [2.05, 4.69) is 17.5 Å². The fraction of sp³-hybridized carbons (Fsp3) is 0.516. The summed E-state index contributed by atoms with van der Waals surface area (Å²) in [5, 5.41) is 4.07. The highest BCUT2D eigenvalue weighted by Crippen LogP contribution is 2.29. The Kier molecular flexibility index (Phi) is 15.3. The second-order valence-corrected chi connectivity index (χ2v) is 9.34. The third kappa shape index (κ3) is 12.3. The monoisotopic (exact) mass is 524 g/mol. The third-order valence-electron chi connectivity index (χ3n) is 6.21. The van der Waals surface area contributed by atoms with Crippen molar-refractivity contribution in [3.63, 3.8) is 0 Å². The van der Waals surface area contributed by atoms with Crippen molar-refractivity contribution in [2.24, 2.45) is 5.10 Å². The van der Waals surface area contributed by atoms with Crippen LogP contribution in [0.2, 0.25) is 0 Å². The number of carbonyl (C=O) groups excluding carboxylic acids is 2. The maximum atomic E-state index is 12.5. The van der Waals surface area contributed by atoms with E-state index in [0.717, 1.165) is 12.8 Å². The van der Waals surface area contributed by atoms with Gasteiger partial charge in [-0.15, -0.1) is 0 Å². The highest BCUT2D eigenvalue weighted by Gasteiger charge is 2.13. The van der Waals surface area contributed by atoms with Gasteiger partial charge in [0.2, 0.25) is 5.91 Å². The van der Waals surface area contributed by atoms with Crippen molar-refractivity contribution in [2.75, 3.05) is 13.7 Å². The Morgan fingerprint density at radius 3 is 2.05 bits per heavy atom. The lowest BCUT2D eigenvalue weighted by Crippen LogP contribution is -2.16. The van der Waals surface area contributed by atoms with Crippen LogP contribution in [0.5, 0.6) is 17.2 Å². The molecule has 0 aromatic heterocycles. The van der Waals surface area contributed by atoms with Crippen molar-refractivity contribution < 1.29 is 23.8 Å². The Bertz CT molecular complexity index is 988. The van der Waals surface area contributed by atoms with Gasteiger partial charge in [-0.05, 0) is 61.4 Å². The molecule has 2 aromatic rings. The number of unbranched alkanes of at least 4 members (excludes halogenated alkanes) is 10. The lowest BCUT2D eigenvalue weighted by Gasteiger charge is -2.11. The first-order valence-corrected chi connectivity index (χ1v) is 14.0. The first-order valence-electron chi connectivity index (χ1n) is 14.0. The Morgan fingerprint density at radius 2 is 1.45 bits per heavy atom. The molecular weight excluding hydrogens is 480 g/mol. The summed E-state index contributed by atoms with van der Waals surface area (Å²) in [6.45, 7) is 4.51. The summed E-state index contributed by atoms with van der Waals surface area (Å²) in [4.78, 5) is 24.6. The minimum Gasteiger partial charge on any atom is -0.497 e. The number of nitrogens with zero attached hydrogens (tertiary/aromatic N) is 1. The molecule has 0 radical (unpaired) electrons. The lowest BCUT2D eigenvalue weighted by atomic mass is 10.1. The topological polar surface area (TPSA) is 86.2 Å². The van der Waals surface area contributed by atoms with Gasteiger partial charge < -0.3 is 14.2 Å². The normalized spacial score (nSPS) is 10.9. The average molecular weight is 525 g/mol. The van der Waals surface area contributed by atoms with E-state index in [1.807, 2.05) is 6.92 Å². The van der Waals surface area contributed by atoms with Gasteiger partial charge in [0.1, 0.15) is 5.75 Å². The van der Waals surface area contributed by atoms with E-state index in [1.54, 1.807) is 55.8 Å². The van der Waals surface area contributed by atoms with Gasteiger partial charge in [0.15, 0.2) is 11.5 Å². The van der Waals surface area contributed by atoms with Gasteiger partial charge in [0.05, 0.1) is 25.5 Å². The van der Waals surface area contributed by atoms with Gasteiger partial charge in [0.25, 0.3) is 0 Å². The highest BCUT2D eigenvalue weighted by molar-refractivity contribution is 5.91. The summed E-state index contributed by atoms with van der Waals surface area (Å²) in [7, 11) is 1.57. The van der Waals surface area contributed by atoms with E-state index in [1.165, 1.54) is 57.8 Å². The van der Waals surface area contributed by atoms with Crippen molar-refractivity contribution in [3.05, 3.63) is 53.6 Å². The molecule has 1 amide bonds. The van der Waals surface area contributed by atoms with Crippen molar-refractivity contribution >= 4 is 18.1 Å². The Morgan fingerprint density at radius 1 is 0.816 bits per heavy atom. The minimum absolute atomic E-state index is 0.0905. The first-order chi connectivity index (χ1) is 18.6. The number of carbonyl (C=O) groups is 2. The average Bonchev–Trinajstić information content (AvgIpc) is 2.93. The molecule has 7 nitrogen and oxygen atoms in total. The highest BCUT2D eigenvalue weighted by atomic mass is 16.6. The molecule has 0 fully saturated rings. The number of esters is 1. The van der Waals surface area contributed by atoms with E-state index < -0.39 is 5.97 Å². The Balaban J connectivity index is 1.72. The fourth-order valence-electron chi connectivity index (χ4n) is 4.03. The molecule has 0 bridgehead atoms. The lowest BCUT2D eigenvalue weighted by molar-refractivity contribution is -0.121. The van der Waals surface area contributed by atoms with Gasteiger partial charge in [-0.2, -0.15) is 5.10 Å². The molecule has 2 rings (SSSR count). The number of hydrazone groups is 1. The first kappa shape index (κ1) is 30.9. The van der Waals surface area contributed by atoms with Crippen LogP contribution in [-0.4, -0.2) is 31.8 Å². The molecule has 0 aliphatic heterocycles. The fourth-order valence-corrected chi connectivity index (χ4v) is 4.03. The van der Waals surface area contributed by atoms with E-state index in [0.29, 0.717) is 41.4 Å². The van der Waals surface area contributed by atoms with Crippen LogP contribution < -0.4 is 19.6 Å². The molecule has 0 saturated carbocycles. The summed E-state index contributed by atoms with van der Waals surface area (Å²) < 4.78 is 16.3. The van der Waals surface area contributed by atoms with Crippen LogP contribution >= 0.6 is 0 Å². The zero-order chi connectivity index (χ0) is 27.4. The van der Waals surface area contributed by atoms with E-state index in [4.69, 9.17) is 14.2 Å². The zero-order valence-corrected chi connectivity index (χ0v) is 23.3. The van der Waals surface area contributed by atoms with Gasteiger partial charge in [0, 0.05) is 6.42 Å². The maximum Gasteiger partial charge on any atom is 0.343 e. The zero-order valence-electron chi connectivity index (χ0n) is 23.3. The van der Waals surface area contributed by atoms with E-state index in [-0.39, 0.29) is 5.91 Å². The molecule has 0 heterocycles. The maximum absolute atomic E-state index is 12.5. The van der Waals surface area contributed by atoms with Crippen LogP contribution in [0.15, 0.2) is 47.6 Å². The molecule has 208 valence electrons. The molecular formula is C31H44N2O5. The number of rotatable bonds is 19. The van der Waals surface area contributed by atoms with Crippen LogP contribution in [-0.2, 0) is 4.79 Å². The molecule has 0 atom stereocenters. The quantitative estimate of drug-likeness (QED) is 0.0677. The van der Waals surface area contributed by atoms with Crippen molar-refractivity contribution in [1.29, 1.82) is 0 Å². The van der Waals surface area contributed by atoms with Gasteiger partial charge >= 0.3 is 5.97 Å². The number of hydrogen-bond donors (Lipinski definition) is 1. The second-order valence-electron chi connectivity index (χ2n) is 9.34. The van der Waals surface area contributed by atoms with Gasteiger partial charge in [-0.1, -0.05) is 71.1 Å². The second kappa shape index (κ2) is 18.8. The number of nitrogens with one attached hydrogen (secondary N) is 1. The number of benzene rings is 2. The predicted molar refractivity (Wildman–Crippen MR) is 152 cm³/mol. The summed E-state index contributed by atoms with van der Waals surface area (Å²) in [6, 6.07) is 11.8. The third-order valence-corrected chi connectivity index (χ3v) is 6.21. The minimum atomic E-state index is -0.496. The predicted octanol–water partition coefficient (Wildman–Crippen LogP) is 7.46. The van der Waals surface area contributed by atoms with Crippen LogP contribution in [0.1, 0.15) is 107 Å². The van der Waals surface area contributed by atoms with Gasteiger partial charge in [-0.25, -0.2) is 10.2 Å². The van der Waals surface area contributed by atoms with Crippen molar-refractivity contribution in [1.82, 2.24) is 5.43 Å². The summed E-state index contributed by atoms with van der Waals surface area (Å²) in [6.07, 6.45) is 15.8. The molecule has 0 aliphatic carbocycles. The molecule has 0 saturated heterocycles. The van der Waals surface area contributed by atoms with E-state index in [9.17, 15) is 9.59 Å². The van der Waals surface area contributed by atoms with Crippen LogP contribution in [0.3, 0.4) is 0 Å². The van der Waals surface area contributed by atoms with Crippen molar-refractivity contribution in [3.8, 4) is 17.2 Å². The Hall–Kier alpha value is -3.35. The van der Waals surface area contributed by atoms with Crippen molar-refractivity contribution in [2.45, 2.75) is 90.9 Å². The van der Waals surface area contributed by atoms with E-state index >= 15 is 0 Å². The van der Waals surface area contributed by atoms with Crippen LogP contribution in [0.4, 0.5) is 0 Å². The molecule has 0 spiro atoms. The molecule has 7 heteroatoms. The number of hydrogen-bond acceptors (Lipinski definition) is 6.